The molecule has 0 radical (unpaired) electrons. The van der Waals surface area contributed by atoms with Crippen LogP contribution in [0.15, 0.2) is 36.4 Å². The van der Waals surface area contributed by atoms with Crippen LogP contribution in [-0.4, -0.2) is 17.6 Å². The Morgan fingerprint density at radius 1 is 1.19 bits per heavy atom. The van der Waals surface area contributed by atoms with Crippen LogP contribution in [0, 0.1) is 18.6 Å². The molecule has 0 aliphatic heterocycles. The van der Waals surface area contributed by atoms with Crippen LogP contribution in [0.5, 0.6) is 0 Å². The second-order valence-electron chi connectivity index (χ2n) is 4.72. The maximum absolute atomic E-state index is 13.7. The van der Waals surface area contributed by atoms with Crippen LogP contribution in [-0.2, 0) is 6.42 Å². The third-order valence-electron chi connectivity index (χ3n) is 3.25. The third-order valence-corrected chi connectivity index (χ3v) is 3.25. The highest BCUT2D eigenvalue weighted by Crippen LogP contribution is 2.21. The zero-order chi connectivity index (χ0) is 15.4. The Kier molecular flexibility index (Phi) is 4.52. The summed E-state index contributed by atoms with van der Waals surface area (Å²) in [4.78, 5) is 10.7. The molecule has 2 aromatic rings. The lowest BCUT2D eigenvalue weighted by Gasteiger charge is -2.10. The van der Waals surface area contributed by atoms with Crippen molar-refractivity contribution in [1.82, 2.24) is 0 Å². The first-order valence-corrected chi connectivity index (χ1v) is 6.49. The SMILES string of the molecule is Cc1ccccc1CCNc1c(F)cc(C(=O)O)cc1F. The van der Waals surface area contributed by atoms with Gasteiger partial charge in [0.15, 0.2) is 0 Å². The summed E-state index contributed by atoms with van der Waals surface area (Å²) in [6, 6.07) is 9.37. The van der Waals surface area contributed by atoms with Crippen LogP contribution in [0.2, 0.25) is 0 Å². The first kappa shape index (κ1) is 15.0. The molecule has 0 amide bonds. The molecule has 0 bridgehead atoms. The van der Waals surface area contributed by atoms with E-state index in [-0.39, 0.29) is 5.69 Å². The maximum atomic E-state index is 13.7. The van der Waals surface area contributed by atoms with Gasteiger partial charge >= 0.3 is 5.97 Å². The molecule has 2 aromatic carbocycles. The predicted molar refractivity (Wildman–Crippen MR) is 76.7 cm³/mol. The molecule has 2 N–H and O–H groups in total. The number of anilines is 1. The van der Waals surface area contributed by atoms with E-state index in [9.17, 15) is 13.6 Å². The Balaban J connectivity index is 2.07. The minimum absolute atomic E-state index is 0.298. The number of carbonyl (C=O) groups is 1. The van der Waals surface area contributed by atoms with Crippen molar-refractivity contribution in [3.8, 4) is 0 Å². The number of carboxylic acid groups (broad SMARTS) is 1. The van der Waals surface area contributed by atoms with E-state index in [1.165, 1.54) is 0 Å². The van der Waals surface area contributed by atoms with Gasteiger partial charge in [-0.1, -0.05) is 24.3 Å². The van der Waals surface area contributed by atoms with E-state index < -0.39 is 23.2 Å². The highest BCUT2D eigenvalue weighted by Gasteiger charge is 2.14. The Morgan fingerprint density at radius 3 is 2.38 bits per heavy atom. The molecule has 0 aromatic heterocycles. The lowest BCUT2D eigenvalue weighted by atomic mass is 10.1. The fourth-order valence-corrected chi connectivity index (χ4v) is 2.08. The van der Waals surface area contributed by atoms with Gasteiger partial charge in [-0.15, -0.1) is 0 Å². The number of carboxylic acids is 1. The van der Waals surface area contributed by atoms with Crippen molar-refractivity contribution in [3.63, 3.8) is 0 Å². The van der Waals surface area contributed by atoms with Gasteiger partial charge in [0.1, 0.15) is 17.3 Å². The molecule has 110 valence electrons. The van der Waals surface area contributed by atoms with Gasteiger partial charge in [-0.05, 0) is 36.6 Å². The number of benzene rings is 2. The average Bonchev–Trinajstić information content (AvgIpc) is 2.43. The summed E-state index contributed by atoms with van der Waals surface area (Å²) in [5.41, 5.74) is 1.50. The quantitative estimate of drug-likeness (QED) is 0.884. The molecule has 0 heterocycles. The van der Waals surface area contributed by atoms with Crippen molar-refractivity contribution < 1.29 is 18.7 Å². The molecule has 0 saturated heterocycles. The van der Waals surface area contributed by atoms with Crippen LogP contribution in [0.4, 0.5) is 14.5 Å². The largest absolute Gasteiger partial charge is 0.478 e. The smallest absolute Gasteiger partial charge is 0.335 e. The number of halogens is 2. The number of hydrogen-bond acceptors (Lipinski definition) is 2. The molecule has 3 nitrogen and oxygen atoms in total. The summed E-state index contributed by atoms with van der Waals surface area (Å²) in [6.45, 7) is 2.32. The van der Waals surface area contributed by atoms with Crippen molar-refractivity contribution >= 4 is 11.7 Å². The summed E-state index contributed by atoms with van der Waals surface area (Å²) in [5, 5.41) is 11.4. The topological polar surface area (TPSA) is 49.3 Å². The molecule has 0 aliphatic rings. The summed E-state index contributed by atoms with van der Waals surface area (Å²) >= 11 is 0. The molecular formula is C16H15F2NO2. The van der Waals surface area contributed by atoms with Crippen LogP contribution >= 0.6 is 0 Å². The molecule has 21 heavy (non-hydrogen) atoms. The minimum atomic E-state index is -1.36. The van der Waals surface area contributed by atoms with Crippen molar-refractivity contribution in [2.24, 2.45) is 0 Å². The second-order valence-corrected chi connectivity index (χ2v) is 4.72. The number of rotatable bonds is 5. The monoisotopic (exact) mass is 291 g/mol. The standard InChI is InChI=1S/C16H15F2NO2/c1-10-4-2-3-5-11(10)6-7-19-15-13(17)8-12(16(20)21)9-14(15)18/h2-5,8-9,19H,6-7H2,1H3,(H,20,21). The lowest BCUT2D eigenvalue weighted by molar-refractivity contribution is 0.0696. The molecule has 0 unspecified atom stereocenters. The van der Waals surface area contributed by atoms with Gasteiger partial charge < -0.3 is 10.4 Å². The van der Waals surface area contributed by atoms with Crippen LogP contribution in [0.3, 0.4) is 0 Å². The van der Waals surface area contributed by atoms with Crippen molar-refractivity contribution in [3.05, 3.63) is 64.7 Å². The van der Waals surface area contributed by atoms with E-state index in [4.69, 9.17) is 5.11 Å². The van der Waals surface area contributed by atoms with E-state index in [1.807, 2.05) is 31.2 Å². The fraction of sp³-hybridized carbons (Fsp3) is 0.188. The number of nitrogens with one attached hydrogen (secondary N) is 1. The maximum Gasteiger partial charge on any atom is 0.335 e. The molecule has 0 fully saturated rings. The Labute approximate surface area is 121 Å². The van der Waals surface area contributed by atoms with Gasteiger partial charge in [0.25, 0.3) is 0 Å². The van der Waals surface area contributed by atoms with Crippen LogP contribution in [0.1, 0.15) is 21.5 Å². The van der Waals surface area contributed by atoms with Crippen molar-refractivity contribution in [1.29, 1.82) is 0 Å². The Hall–Kier alpha value is -2.43. The highest BCUT2D eigenvalue weighted by atomic mass is 19.1. The Morgan fingerprint density at radius 2 is 1.81 bits per heavy atom. The summed E-state index contributed by atoms with van der Waals surface area (Å²) < 4.78 is 27.4. The van der Waals surface area contributed by atoms with E-state index in [2.05, 4.69) is 5.32 Å². The molecule has 0 aliphatic carbocycles. The van der Waals surface area contributed by atoms with E-state index in [0.717, 1.165) is 23.3 Å². The van der Waals surface area contributed by atoms with Gasteiger partial charge in [0.05, 0.1) is 5.56 Å². The normalized spacial score (nSPS) is 10.4. The van der Waals surface area contributed by atoms with E-state index in [1.54, 1.807) is 0 Å². The van der Waals surface area contributed by atoms with Gasteiger partial charge in [-0.3, -0.25) is 0 Å². The third kappa shape index (κ3) is 3.56. The van der Waals surface area contributed by atoms with Crippen molar-refractivity contribution in [2.45, 2.75) is 13.3 Å². The number of aryl methyl sites for hydroxylation is 1. The Bertz CT molecular complexity index is 648. The molecule has 0 saturated carbocycles. The first-order valence-electron chi connectivity index (χ1n) is 6.49. The zero-order valence-electron chi connectivity index (χ0n) is 11.5. The summed E-state index contributed by atoms with van der Waals surface area (Å²) in [7, 11) is 0. The fourth-order valence-electron chi connectivity index (χ4n) is 2.08. The zero-order valence-corrected chi connectivity index (χ0v) is 11.5. The highest BCUT2D eigenvalue weighted by molar-refractivity contribution is 5.88. The molecular weight excluding hydrogens is 276 g/mol. The molecule has 0 atom stereocenters. The number of aromatic carboxylic acids is 1. The second kappa shape index (κ2) is 6.35. The van der Waals surface area contributed by atoms with Crippen LogP contribution in [0.25, 0.3) is 0 Å². The van der Waals surface area contributed by atoms with Gasteiger partial charge in [-0.25, -0.2) is 13.6 Å². The summed E-state index contributed by atoms with van der Waals surface area (Å²) in [5.74, 6) is -3.17. The van der Waals surface area contributed by atoms with E-state index >= 15 is 0 Å². The molecule has 5 heteroatoms. The molecule has 2 rings (SSSR count). The molecule has 0 spiro atoms. The predicted octanol–water partition coefficient (Wildman–Crippen LogP) is 3.63. The lowest BCUT2D eigenvalue weighted by Crippen LogP contribution is -2.10. The van der Waals surface area contributed by atoms with Crippen molar-refractivity contribution in [2.75, 3.05) is 11.9 Å². The van der Waals surface area contributed by atoms with E-state index in [0.29, 0.717) is 13.0 Å². The first-order chi connectivity index (χ1) is 9.99. The average molecular weight is 291 g/mol. The van der Waals surface area contributed by atoms with Gasteiger partial charge in [0.2, 0.25) is 0 Å². The minimum Gasteiger partial charge on any atom is -0.478 e. The summed E-state index contributed by atoms with van der Waals surface area (Å²) in [6.07, 6.45) is 0.617. The number of hydrogen-bond donors (Lipinski definition) is 2. The van der Waals surface area contributed by atoms with Gasteiger partial charge in [0, 0.05) is 6.54 Å². The van der Waals surface area contributed by atoms with Gasteiger partial charge in [-0.2, -0.15) is 0 Å². The van der Waals surface area contributed by atoms with Crippen LogP contribution < -0.4 is 5.32 Å².